The molecule has 0 spiro atoms. The molecule has 0 saturated heterocycles. The Labute approximate surface area is 77.2 Å². The van der Waals surface area contributed by atoms with E-state index >= 15 is 0 Å². The summed E-state index contributed by atoms with van der Waals surface area (Å²) in [6.07, 6.45) is -0.0424. The van der Waals surface area contributed by atoms with Crippen LogP contribution < -0.4 is 10.8 Å². The summed E-state index contributed by atoms with van der Waals surface area (Å²) in [4.78, 5) is 10.3. The highest BCUT2D eigenvalue weighted by molar-refractivity contribution is 5.67. The predicted octanol–water partition coefficient (Wildman–Crippen LogP) is -0.00130. The van der Waals surface area contributed by atoms with E-state index in [9.17, 15) is 9.90 Å². The number of hydrogen-bond acceptors (Lipinski definition) is 3. The maximum absolute atomic E-state index is 10.3. The van der Waals surface area contributed by atoms with Crippen LogP contribution in [0.15, 0.2) is 24.3 Å². The largest absolute Gasteiger partial charge is 0.550 e. The minimum absolute atomic E-state index is 0.0167. The molecule has 2 N–H and O–H groups in total. The number of carboxylic acid groups (broad SMARTS) is 1. The zero-order valence-corrected chi connectivity index (χ0v) is 7.49. The molecule has 13 heavy (non-hydrogen) atoms. The average molecular weight is 178 g/mol. The van der Waals surface area contributed by atoms with Gasteiger partial charge in [-0.05, 0) is 18.1 Å². The molecule has 3 heteroatoms. The second-order valence-electron chi connectivity index (χ2n) is 3.08. The normalized spacial score (nSPS) is 12.5. The van der Waals surface area contributed by atoms with Gasteiger partial charge in [-0.15, -0.1) is 0 Å². The van der Waals surface area contributed by atoms with Crippen molar-refractivity contribution in [3.63, 3.8) is 0 Å². The molecule has 0 bridgehead atoms. The van der Waals surface area contributed by atoms with E-state index in [0.29, 0.717) is 0 Å². The Kier molecular flexibility index (Phi) is 3.03. The van der Waals surface area contributed by atoms with Crippen LogP contribution in [-0.2, 0) is 11.2 Å². The molecule has 0 amide bonds. The molecule has 1 aromatic rings. The summed E-state index contributed by atoms with van der Waals surface area (Å²) in [5.41, 5.74) is 7.38. The first kappa shape index (κ1) is 9.74. The number of aliphatic carboxylic acids is 1. The van der Waals surface area contributed by atoms with E-state index < -0.39 is 5.97 Å². The van der Waals surface area contributed by atoms with Gasteiger partial charge in [0.1, 0.15) is 0 Å². The second kappa shape index (κ2) is 4.05. The fraction of sp³-hybridized carbons (Fsp3) is 0.300. The Hall–Kier alpha value is -1.35. The highest BCUT2D eigenvalue weighted by Crippen LogP contribution is 2.10. The number of rotatable bonds is 3. The maximum Gasteiger partial charge on any atom is 0.0458 e. The fourth-order valence-electron chi connectivity index (χ4n) is 1.11. The first-order valence-corrected chi connectivity index (χ1v) is 4.14. The van der Waals surface area contributed by atoms with E-state index in [2.05, 4.69) is 0 Å². The molecule has 0 aliphatic heterocycles. The Bertz CT molecular complexity index is 290. The van der Waals surface area contributed by atoms with Gasteiger partial charge in [-0.25, -0.2) is 0 Å². The monoisotopic (exact) mass is 178 g/mol. The van der Waals surface area contributed by atoms with Gasteiger partial charge in [0, 0.05) is 18.4 Å². The summed E-state index contributed by atoms with van der Waals surface area (Å²) in [5.74, 6) is -1.06. The summed E-state index contributed by atoms with van der Waals surface area (Å²) in [6, 6.07) is 7.17. The Balaban J connectivity index is 2.75. The molecule has 70 valence electrons. The molecule has 0 saturated carbocycles. The molecule has 0 fully saturated rings. The molecule has 0 aromatic heterocycles. The van der Waals surface area contributed by atoms with Gasteiger partial charge in [-0.1, -0.05) is 24.3 Å². The highest BCUT2D eigenvalue weighted by Gasteiger charge is 1.98. The average Bonchev–Trinajstić information content (AvgIpc) is 2.04. The van der Waals surface area contributed by atoms with Crippen molar-refractivity contribution in [1.82, 2.24) is 0 Å². The lowest BCUT2D eigenvalue weighted by Gasteiger charge is -2.07. The van der Waals surface area contributed by atoms with E-state index in [0.717, 1.165) is 11.1 Å². The van der Waals surface area contributed by atoms with E-state index in [1.54, 1.807) is 12.1 Å². The van der Waals surface area contributed by atoms with Crippen molar-refractivity contribution < 1.29 is 9.90 Å². The van der Waals surface area contributed by atoms with Crippen LogP contribution in [0.25, 0.3) is 0 Å². The molecule has 0 radical (unpaired) electrons. The van der Waals surface area contributed by atoms with E-state index in [-0.39, 0.29) is 12.5 Å². The Morgan fingerprint density at radius 3 is 2.38 bits per heavy atom. The number of nitrogens with two attached hydrogens (primary N) is 1. The molecule has 1 atom stereocenters. The van der Waals surface area contributed by atoms with Gasteiger partial charge < -0.3 is 15.6 Å². The third-order valence-electron chi connectivity index (χ3n) is 1.85. The maximum atomic E-state index is 10.3. The van der Waals surface area contributed by atoms with Crippen LogP contribution in [0.3, 0.4) is 0 Å². The van der Waals surface area contributed by atoms with Gasteiger partial charge in [-0.2, -0.15) is 0 Å². The SMILES string of the molecule is CC(N)c1ccc(CC(=O)[O-])cc1. The molecule has 1 unspecified atom stereocenters. The van der Waals surface area contributed by atoms with Crippen molar-refractivity contribution in [2.24, 2.45) is 5.73 Å². The third kappa shape index (κ3) is 2.87. The van der Waals surface area contributed by atoms with Crippen LogP contribution in [-0.4, -0.2) is 5.97 Å². The smallest absolute Gasteiger partial charge is 0.0458 e. The zero-order valence-electron chi connectivity index (χ0n) is 7.49. The summed E-state index contributed by atoms with van der Waals surface area (Å²) < 4.78 is 0. The first-order valence-electron chi connectivity index (χ1n) is 4.14. The van der Waals surface area contributed by atoms with Crippen molar-refractivity contribution in [3.8, 4) is 0 Å². The topological polar surface area (TPSA) is 66.2 Å². The molecule has 1 rings (SSSR count). The lowest BCUT2D eigenvalue weighted by molar-refractivity contribution is -0.304. The minimum Gasteiger partial charge on any atom is -0.550 e. The lowest BCUT2D eigenvalue weighted by Crippen LogP contribution is -2.24. The van der Waals surface area contributed by atoms with E-state index in [1.165, 1.54) is 0 Å². The van der Waals surface area contributed by atoms with Gasteiger partial charge in [0.25, 0.3) is 0 Å². The van der Waals surface area contributed by atoms with Crippen LogP contribution in [0.2, 0.25) is 0 Å². The number of carbonyl (C=O) groups excluding carboxylic acids is 1. The van der Waals surface area contributed by atoms with Crippen molar-refractivity contribution in [2.45, 2.75) is 19.4 Å². The molecule has 3 nitrogen and oxygen atoms in total. The Morgan fingerprint density at radius 2 is 2.00 bits per heavy atom. The molecule has 0 aliphatic carbocycles. The molecular weight excluding hydrogens is 166 g/mol. The number of hydrogen-bond donors (Lipinski definition) is 1. The molecule has 0 heterocycles. The third-order valence-corrected chi connectivity index (χ3v) is 1.85. The zero-order chi connectivity index (χ0) is 9.84. The number of carboxylic acids is 1. The summed E-state index contributed by atoms with van der Waals surface area (Å²) >= 11 is 0. The van der Waals surface area contributed by atoms with Gasteiger partial charge >= 0.3 is 0 Å². The highest BCUT2D eigenvalue weighted by atomic mass is 16.4. The molecule has 0 aliphatic rings. The standard InChI is InChI=1S/C10H13NO2/c1-7(11)9-4-2-8(3-5-9)6-10(12)13/h2-5,7H,6,11H2,1H3,(H,12,13)/p-1. The number of benzene rings is 1. The molecule has 1 aromatic carbocycles. The van der Waals surface area contributed by atoms with Gasteiger partial charge in [0.05, 0.1) is 0 Å². The van der Waals surface area contributed by atoms with Crippen LogP contribution in [0, 0.1) is 0 Å². The fourth-order valence-corrected chi connectivity index (χ4v) is 1.11. The van der Waals surface area contributed by atoms with Crippen LogP contribution in [0.4, 0.5) is 0 Å². The van der Waals surface area contributed by atoms with Gasteiger partial charge in [-0.3, -0.25) is 0 Å². The number of carbonyl (C=O) groups is 1. The van der Waals surface area contributed by atoms with E-state index in [1.807, 2.05) is 19.1 Å². The van der Waals surface area contributed by atoms with Crippen molar-refractivity contribution in [2.75, 3.05) is 0 Å². The quantitative estimate of drug-likeness (QED) is 0.708. The Morgan fingerprint density at radius 1 is 1.46 bits per heavy atom. The van der Waals surface area contributed by atoms with Crippen LogP contribution in [0.1, 0.15) is 24.1 Å². The first-order chi connectivity index (χ1) is 6.09. The van der Waals surface area contributed by atoms with Crippen LogP contribution >= 0.6 is 0 Å². The minimum atomic E-state index is -1.06. The van der Waals surface area contributed by atoms with Crippen molar-refractivity contribution in [3.05, 3.63) is 35.4 Å². The summed E-state index contributed by atoms with van der Waals surface area (Å²) in [5, 5.41) is 10.3. The predicted molar refractivity (Wildman–Crippen MR) is 47.8 cm³/mol. The summed E-state index contributed by atoms with van der Waals surface area (Å²) in [7, 11) is 0. The molecular formula is C10H12NO2-. The van der Waals surface area contributed by atoms with E-state index in [4.69, 9.17) is 5.73 Å². The van der Waals surface area contributed by atoms with Gasteiger partial charge in [0.15, 0.2) is 0 Å². The van der Waals surface area contributed by atoms with Gasteiger partial charge in [0.2, 0.25) is 0 Å². The summed E-state index contributed by atoms with van der Waals surface area (Å²) in [6.45, 7) is 1.88. The second-order valence-corrected chi connectivity index (χ2v) is 3.08. The van der Waals surface area contributed by atoms with Crippen LogP contribution in [0.5, 0.6) is 0 Å². The lowest BCUT2D eigenvalue weighted by atomic mass is 10.1. The van der Waals surface area contributed by atoms with Crippen molar-refractivity contribution in [1.29, 1.82) is 0 Å². The van der Waals surface area contributed by atoms with Crippen molar-refractivity contribution >= 4 is 5.97 Å².